The van der Waals surface area contributed by atoms with Crippen molar-refractivity contribution in [1.82, 2.24) is 19.7 Å². The van der Waals surface area contributed by atoms with E-state index in [0.29, 0.717) is 17.2 Å². The lowest BCUT2D eigenvalue weighted by atomic mass is 10.1. The summed E-state index contributed by atoms with van der Waals surface area (Å²) in [5.74, 6) is 0.483. The summed E-state index contributed by atoms with van der Waals surface area (Å²) in [6, 6.07) is 6.32. The van der Waals surface area contributed by atoms with Crippen LogP contribution in [0.25, 0.3) is 5.95 Å². The van der Waals surface area contributed by atoms with Crippen molar-refractivity contribution in [3.8, 4) is 5.95 Å². The third kappa shape index (κ3) is 3.12. The number of carbonyl (C=O) groups excluding carboxylic acids is 1. The highest BCUT2D eigenvalue weighted by Gasteiger charge is 2.16. The molecule has 3 heterocycles. The largest absolute Gasteiger partial charge is 0.459 e. The number of carbonyl (C=O) groups is 1. The molecule has 1 amide bonds. The Morgan fingerprint density at radius 3 is 2.83 bits per heavy atom. The minimum atomic E-state index is -0.413. The summed E-state index contributed by atoms with van der Waals surface area (Å²) in [5, 5.41) is 7.00. The first kappa shape index (κ1) is 15.7. The maximum absolute atomic E-state index is 12.2. The number of hydrogen-bond donors (Lipinski definition) is 2. The number of amides is 1. The molecular formula is C16H17N5O3. The van der Waals surface area contributed by atoms with Crippen molar-refractivity contribution >= 4 is 11.7 Å². The first-order valence-electron chi connectivity index (χ1n) is 7.47. The van der Waals surface area contributed by atoms with Crippen LogP contribution in [0.5, 0.6) is 0 Å². The molecule has 0 bridgehead atoms. The molecule has 0 atom stereocenters. The predicted molar refractivity (Wildman–Crippen MR) is 87.5 cm³/mol. The first-order chi connectivity index (χ1) is 11.4. The van der Waals surface area contributed by atoms with E-state index in [-0.39, 0.29) is 23.2 Å². The molecule has 124 valence electrons. The van der Waals surface area contributed by atoms with Crippen LogP contribution in [-0.2, 0) is 0 Å². The molecule has 2 N–H and O–H groups in total. The van der Waals surface area contributed by atoms with Gasteiger partial charge in [0.2, 0.25) is 5.95 Å². The van der Waals surface area contributed by atoms with Gasteiger partial charge in [-0.05, 0) is 25.0 Å². The van der Waals surface area contributed by atoms with Crippen LogP contribution in [0.2, 0.25) is 0 Å². The van der Waals surface area contributed by atoms with E-state index in [1.54, 1.807) is 25.1 Å². The van der Waals surface area contributed by atoms with Gasteiger partial charge in [0.15, 0.2) is 5.76 Å². The second kappa shape index (κ2) is 6.15. The fourth-order valence-corrected chi connectivity index (χ4v) is 2.19. The summed E-state index contributed by atoms with van der Waals surface area (Å²) in [5.41, 5.74) is 1.03. The van der Waals surface area contributed by atoms with Crippen LogP contribution in [0.1, 0.15) is 41.7 Å². The van der Waals surface area contributed by atoms with Crippen LogP contribution in [0.15, 0.2) is 39.7 Å². The molecule has 0 radical (unpaired) electrons. The second-order valence-corrected chi connectivity index (χ2v) is 5.66. The summed E-state index contributed by atoms with van der Waals surface area (Å²) >= 11 is 0. The Labute approximate surface area is 137 Å². The van der Waals surface area contributed by atoms with E-state index in [1.807, 2.05) is 13.8 Å². The van der Waals surface area contributed by atoms with Crippen LogP contribution < -0.4 is 10.9 Å². The number of aromatic amines is 1. The lowest BCUT2D eigenvalue weighted by molar-refractivity contribution is 0.0996. The quantitative estimate of drug-likeness (QED) is 0.764. The van der Waals surface area contributed by atoms with Crippen LogP contribution in [0, 0.1) is 6.92 Å². The molecule has 24 heavy (non-hydrogen) atoms. The van der Waals surface area contributed by atoms with E-state index in [4.69, 9.17) is 4.42 Å². The first-order valence-corrected chi connectivity index (χ1v) is 7.47. The molecule has 0 saturated heterocycles. The molecule has 3 aromatic heterocycles. The lowest BCUT2D eigenvalue weighted by Crippen LogP contribution is -2.19. The topological polar surface area (TPSA) is 106 Å². The molecule has 8 heteroatoms. The Kier molecular flexibility index (Phi) is 4.03. The fraction of sp³-hybridized carbons (Fsp3) is 0.250. The number of anilines is 1. The zero-order chi connectivity index (χ0) is 17.3. The maximum Gasteiger partial charge on any atom is 0.292 e. The predicted octanol–water partition coefficient (Wildman–Crippen LogP) is 2.23. The van der Waals surface area contributed by atoms with Crippen LogP contribution >= 0.6 is 0 Å². The van der Waals surface area contributed by atoms with Gasteiger partial charge in [-0.2, -0.15) is 9.78 Å². The summed E-state index contributed by atoms with van der Waals surface area (Å²) in [7, 11) is 0. The number of furan rings is 1. The lowest BCUT2D eigenvalue weighted by Gasteiger charge is -2.09. The number of aromatic nitrogens is 4. The smallest absolute Gasteiger partial charge is 0.292 e. The highest BCUT2D eigenvalue weighted by molar-refractivity contribution is 6.01. The molecular weight excluding hydrogens is 310 g/mol. The molecule has 0 aliphatic heterocycles. The molecule has 0 fully saturated rings. The zero-order valence-corrected chi connectivity index (χ0v) is 13.5. The van der Waals surface area contributed by atoms with Crippen LogP contribution in [0.4, 0.5) is 5.82 Å². The molecule has 3 rings (SSSR count). The molecule has 3 aromatic rings. The second-order valence-electron chi connectivity index (χ2n) is 5.66. The Balaban J connectivity index is 2.01. The van der Waals surface area contributed by atoms with Crippen molar-refractivity contribution in [3.63, 3.8) is 0 Å². The van der Waals surface area contributed by atoms with Gasteiger partial charge in [-0.1, -0.05) is 13.8 Å². The third-order valence-corrected chi connectivity index (χ3v) is 3.36. The van der Waals surface area contributed by atoms with Crippen molar-refractivity contribution in [1.29, 1.82) is 0 Å². The Morgan fingerprint density at radius 1 is 1.38 bits per heavy atom. The molecule has 8 nitrogen and oxygen atoms in total. The zero-order valence-electron chi connectivity index (χ0n) is 13.5. The van der Waals surface area contributed by atoms with E-state index >= 15 is 0 Å². The highest BCUT2D eigenvalue weighted by Crippen LogP contribution is 2.17. The van der Waals surface area contributed by atoms with Gasteiger partial charge >= 0.3 is 0 Å². The molecule has 0 aromatic carbocycles. The van der Waals surface area contributed by atoms with Crippen LogP contribution in [0.3, 0.4) is 0 Å². The summed E-state index contributed by atoms with van der Waals surface area (Å²) in [6.45, 7) is 5.67. The van der Waals surface area contributed by atoms with Crippen molar-refractivity contribution in [3.05, 3.63) is 58.0 Å². The SMILES string of the molecule is Cc1cc(NC(=O)c2ccco2)n(-c2nc(C(C)C)cc(=O)[nH]2)n1. The van der Waals surface area contributed by atoms with E-state index in [9.17, 15) is 9.59 Å². The van der Waals surface area contributed by atoms with Crippen molar-refractivity contribution < 1.29 is 9.21 Å². The number of H-pyrrole nitrogens is 1. The molecule has 0 aliphatic carbocycles. The molecule has 0 saturated carbocycles. The Bertz CT molecular complexity index is 922. The van der Waals surface area contributed by atoms with Gasteiger partial charge in [0.25, 0.3) is 11.5 Å². The van der Waals surface area contributed by atoms with Gasteiger partial charge in [-0.25, -0.2) is 4.98 Å². The van der Waals surface area contributed by atoms with E-state index in [2.05, 4.69) is 20.4 Å². The van der Waals surface area contributed by atoms with Gasteiger partial charge < -0.3 is 9.73 Å². The van der Waals surface area contributed by atoms with Crippen molar-refractivity contribution in [2.24, 2.45) is 0 Å². The van der Waals surface area contributed by atoms with Crippen LogP contribution in [-0.4, -0.2) is 25.7 Å². The van der Waals surface area contributed by atoms with Gasteiger partial charge in [0.05, 0.1) is 17.7 Å². The average Bonchev–Trinajstić information content (AvgIpc) is 3.16. The molecule has 0 aliphatic rings. The average molecular weight is 327 g/mol. The van der Waals surface area contributed by atoms with Gasteiger partial charge in [-0.15, -0.1) is 0 Å². The summed E-state index contributed by atoms with van der Waals surface area (Å²) < 4.78 is 6.47. The van der Waals surface area contributed by atoms with Crippen molar-refractivity contribution in [2.75, 3.05) is 5.32 Å². The Morgan fingerprint density at radius 2 is 2.17 bits per heavy atom. The van der Waals surface area contributed by atoms with E-state index < -0.39 is 5.91 Å². The monoisotopic (exact) mass is 327 g/mol. The number of aryl methyl sites for hydroxylation is 1. The number of nitrogens with zero attached hydrogens (tertiary/aromatic N) is 3. The third-order valence-electron chi connectivity index (χ3n) is 3.36. The minimum absolute atomic E-state index is 0.0869. The van der Waals surface area contributed by atoms with Gasteiger partial charge in [-0.3, -0.25) is 14.6 Å². The summed E-state index contributed by atoms with van der Waals surface area (Å²) in [6.07, 6.45) is 1.42. The Hall–Kier alpha value is -3.16. The highest BCUT2D eigenvalue weighted by atomic mass is 16.3. The maximum atomic E-state index is 12.2. The van der Waals surface area contributed by atoms with E-state index in [1.165, 1.54) is 17.0 Å². The molecule has 0 spiro atoms. The normalized spacial score (nSPS) is 11.0. The number of hydrogen-bond acceptors (Lipinski definition) is 5. The van der Waals surface area contributed by atoms with Gasteiger partial charge in [0, 0.05) is 12.1 Å². The number of rotatable bonds is 4. The van der Waals surface area contributed by atoms with Crippen molar-refractivity contribution in [2.45, 2.75) is 26.7 Å². The number of nitrogens with one attached hydrogen (secondary N) is 2. The van der Waals surface area contributed by atoms with E-state index in [0.717, 1.165) is 0 Å². The summed E-state index contributed by atoms with van der Waals surface area (Å²) in [4.78, 5) is 31.1. The van der Waals surface area contributed by atoms with Gasteiger partial charge in [0.1, 0.15) is 5.82 Å². The molecule has 0 unspecified atom stereocenters. The fourth-order valence-electron chi connectivity index (χ4n) is 2.19. The minimum Gasteiger partial charge on any atom is -0.459 e. The standard InChI is InChI=1S/C16H17N5O3/c1-9(2)11-8-14(22)19-16(17-11)21-13(7-10(3)20-21)18-15(23)12-5-4-6-24-12/h4-9H,1-3H3,(H,18,23)(H,17,19,22).